The molecule has 0 spiro atoms. The topological polar surface area (TPSA) is 0 Å². The predicted octanol–water partition coefficient (Wildman–Crippen LogP) is 7.53. The first kappa shape index (κ1) is 15.4. The molecule has 0 radical (unpaired) electrons. The zero-order chi connectivity index (χ0) is 18.0. The molecule has 0 nitrogen and oxygen atoms in total. The lowest BCUT2D eigenvalue weighted by Gasteiger charge is -2.17. The highest BCUT2D eigenvalue weighted by atomic mass is 14.2. The van der Waals surface area contributed by atoms with Crippen molar-refractivity contribution < 1.29 is 0 Å². The van der Waals surface area contributed by atoms with Gasteiger partial charge in [0.2, 0.25) is 0 Å². The molecule has 0 heterocycles. The van der Waals surface area contributed by atoms with Crippen LogP contribution >= 0.6 is 0 Å². The molecule has 0 aromatic heterocycles. The summed E-state index contributed by atoms with van der Waals surface area (Å²) in [5, 5.41) is 11.0. The summed E-state index contributed by atoms with van der Waals surface area (Å²) >= 11 is 0. The third kappa shape index (κ3) is 1.90. The Balaban J connectivity index is 2.11. The Morgan fingerprint density at radius 1 is 0.385 bits per heavy atom. The maximum atomic E-state index is 2.32. The van der Waals surface area contributed by atoms with Gasteiger partial charge >= 0.3 is 0 Å². The fourth-order valence-corrected chi connectivity index (χ4v) is 4.66. The minimum absolute atomic E-state index is 1.34. The van der Waals surface area contributed by atoms with Crippen LogP contribution in [0.4, 0.5) is 0 Å². The molecule has 0 aliphatic heterocycles. The quantitative estimate of drug-likeness (QED) is 0.257. The average molecular weight is 334 g/mol. The van der Waals surface area contributed by atoms with Crippen molar-refractivity contribution in [2.45, 2.75) is 27.7 Å². The van der Waals surface area contributed by atoms with Crippen LogP contribution in [-0.2, 0) is 0 Å². The van der Waals surface area contributed by atoms with Gasteiger partial charge in [-0.15, -0.1) is 0 Å². The van der Waals surface area contributed by atoms with E-state index in [1.165, 1.54) is 65.3 Å². The van der Waals surface area contributed by atoms with Crippen LogP contribution < -0.4 is 0 Å². The van der Waals surface area contributed by atoms with E-state index in [-0.39, 0.29) is 0 Å². The first-order valence-electron chi connectivity index (χ1n) is 9.31. The second kappa shape index (κ2) is 5.32. The molecule has 0 amide bonds. The van der Waals surface area contributed by atoms with Crippen molar-refractivity contribution in [3.8, 4) is 0 Å². The van der Waals surface area contributed by atoms with E-state index < -0.39 is 0 Å². The van der Waals surface area contributed by atoms with Crippen molar-refractivity contribution in [1.82, 2.24) is 0 Å². The molecule has 126 valence electrons. The van der Waals surface area contributed by atoms with Crippen LogP contribution in [-0.4, -0.2) is 0 Å². The number of fused-ring (bicyclic) bond motifs is 7. The molecule has 0 unspecified atom stereocenters. The second-order valence-electron chi connectivity index (χ2n) is 7.57. The molecule has 0 N–H and O–H groups in total. The van der Waals surface area contributed by atoms with Gasteiger partial charge in [-0.25, -0.2) is 0 Å². The average Bonchev–Trinajstić information content (AvgIpc) is 2.65. The van der Waals surface area contributed by atoms with Crippen molar-refractivity contribution in [3.63, 3.8) is 0 Å². The van der Waals surface area contributed by atoms with Gasteiger partial charge in [0.05, 0.1) is 0 Å². The minimum atomic E-state index is 1.34. The predicted molar refractivity (Wildman–Crippen MR) is 115 cm³/mol. The fourth-order valence-electron chi connectivity index (χ4n) is 4.66. The molecule has 0 saturated heterocycles. The van der Waals surface area contributed by atoms with E-state index in [4.69, 9.17) is 0 Å². The summed E-state index contributed by atoms with van der Waals surface area (Å²) < 4.78 is 0. The maximum Gasteiger partial charge on any atom is -0.00669 e. The van der Waals surface area contributed by atoms with Gasteiger partial charge in [0, 0.05) is 0 Å². The van der Waals surface area contributed by atoms with Crippen molar-refractivity contribution in [1.29, 1.82) is 0 Å². The smallest absolute Gasteiger partial charge is 0.00669 e. The maximum absolute atomic E-state index is 2.32. The van der Waals surface area contributed by atoms with Crippen LogP contribution in [0.25, 0.3) is 43.1 Å². The molecule has 0 aliphatic carbocycles. The van der Waals surface area contributed by atoms with E-state index in [1.54, 1.807) is 0 Å². The highest BCUT2D eigenvalue weighted by Gasteiger charge is 2.14. The number of rotatable bonds is 0. The van der Waals surface area contributed by atoms with Crippen LogP contribution in [0.15, 0.2) is 60.7 Å². The Bertz CT molecular complexity index is 1250. The highest BCUT2D eigenvalue weighted by Crippen LogP contribution is 2.40. The first-order valence-corrected chi connectivity index (χ1v) is 9.31. The van der Waals surface area contributed by atoms with Crippen LogP contribution in [0.3, 0.4) is 0 Å². The number of benzene rings is 5. The number of aryl methyl sites for hydroxylation is 4. The summed E-state index contributed by atoms with van der Waals surface area (Å²) in [5.74, 6) is 0. The Labute approximate surface area is 154 Å². The lowest BCUT2D eigenvalue weighted by Crippen LogP contribution is -1.92. The van der Waals surface area contributed by atoms with Crippen LogP contribution in [0.2, 0.25) is 0 Å². The van der Waals surface area contributed by atoms with Gasteiger partial charge in [0.15, 0.2) is 0 Å². The first-order chi connectivity index (χ1) is 12.6. The fraction of sp³-hybridized carbons (Fsp3) is 0.154. The summed E-state index contributed by atoms with van der Waals surface area (Å²) in [7, 11) is 0. The lowest BCUT2D eigenvalue weighted by molar-refractivity contribution is 1.42. The van der Waals surface area contributed by atoms with E-state index in [1.807, 2.05) is 0 Å². The zero-order valence-electron chi connectivity index (χ0n) is 15.8. The molecule has 5 aromatic rings. The van der Waals surface area contributed by atoms with E-state index in [0.717, 1.165) is 0 Å². The summed E-state index contributed by atoms with van der Waals surface area (Å²) in [5.41, 5.74) is 5.49. The normalized spacial score (nSPS) is 11.8. The highest BCUT2D eigenvalue weighted by molar-refractivity contribution is 6.24. The van der Waals surface area contributed by atoms with Crippen molar-refractivity contribution >= 4 is 43.1 Å². The van der Waals surface area contributed by atoms with Gasteiger partial charge < -0.3 is 0 Å². The van der Waals surface area contributed by atoms with Gasteiger partial charge in [0.1, 0.15) is 0 Å². The lowest BCUT2D eigenvalue weighted by atomic mass is 9.87. The molecular formula is C26H22. The molecule has 0 bridgehead atoms. The number of hydrogen-bond acceptors (Lipinski definition) is 0. The minimum Gasteiger partial charge on any atom is -0.0613 e. The largest absolute Gasteiger partial charge is 0.0613 e. The van der Waals surface area contributed by atoms with Gasteiger partial charge in [-0.05, 0) is 93.0 Å². The van der Waals surface area contributed by atoms with E-state index in [9.17, 15) is 0 Å². The molecule has 5 rings (SSSR count). The Kier molecular flexibility index (Phi) is 3.15. The molecule has 0 aliphatic rings. The Morgan fingerprint density at radius 3 is 1.15 bits per heavy atom. The SMILES string of the molecule is Cc1cccc2c1ccc1c3ccc4c(C)cccc4c3c(C)c(C)c21. The summed E-state index contributed by atoms with van der Waals surface area (Å²) in [6.45, 7) is 8.97. The van der Waals surface area contributed by atoms with Crippen molar-refractivity contribution in [3.05, 3.63) is 82.9 Å². The third-order valence-corrected chi connectivity index (χ3v) is 6.16. The monoisotopic (exact) mass is 334 g/mol. The van der Waals surface area contributed by atoms with Crippen molar-refractivity contribution in [2.75, 3.05) is 0 Å². The molecule has 5 aromatic carbocycles. The Morgan fingerprint density at radius 2 is 0.731 bits per heavy atom. The van der Waals surface area contributed by atoms with Gasteiger partial charge in [-0.1, -0.05) is 60.7 Å². The van der Waals surface area contributed by atoms with Crippen LogP contribution in [0.5, 0.6) is 0 Å². The van der Waals surface area contributed by atoms with E-state index >= 15 is 0 Å². The summed E-state index contributed by atoms with van der Waals surface area (Å²) in [6.07, 6.45) is 0. The molecule has 0 heteroatoms. The van der Waals surface area contributed by atoms with Gasteiger partial charge in [0.25, 0.3) is 0 Å². The van der Waals surface area contributed by atoms with E-state index in [0.29, 0.717) is 0 Å². The molecule has 0 fully saturated rings. The second-order valence-corrected chi connectivity index (χ2v) is 7.57. The summed E-state index contributed by atoms with van der Waals surface area (Å²) in [4.78, 5) is 0. The van der Waals surface area contributed by atoms with Crippen LogP contribution in [0, 0.1) is 27.7 Å². The summed E-state index contributed by atoms with van der Waals surface area (Å²) in [6, 6.07) is 22.5. The van der Waals surface area contributed by atoms with E-state index in [2.05, 4.69) is 88.4 Å². The molecule has 26 heavy (non-hydrogen) atoms. The molecule has 0 atom stereocenters. The van der Waals surface area contributed by atoms with Crippen molar-refractivity contribution in [2.24, 2.45) is 0 Å². The standard InChI is InChI=1S/C26H22/c1-15-7-5-9-21-19(15)11-13-23-24-14-12-20-16(2)8-6-10-22(20)26(24)18(4)17(3)25(21)23/h5-14H,1-4H3. The van der Waals surface area contributed by atoms with Gasteiger partial charge in [-0.2, -0.15) is 0 Å². The molecule has 0 saturated carbocycles. The zero-order valence-corrected chi connectivity index (χ0v) is 15.8. The Hall–Kier alpha value is -2.86. The number of hydrogen-bond donors (Lipinski definition) is 0. The molecular weight excluding hydrogens is 312 g/mol. The van der Waals surface area contributed by atoms with Crippen LogP contribution in [0.1, 0.15) is 22.3 Å². The third-order valence-electron chi connectivity index (χ3n) is 6.16. The van der Waals surface area contributed by atoms with Gasteiger partial charge in [-0.3, -0.25) is 0 Å².